The van der Waals surface area contributed by atoms with Crippen LogP contribution in [-0.2, 0) is 16.4 Å². The van der Waals surface area contributed by atoms with Crippen molar-refractivity contribution in [3.05, 3.63) is 34.9 Å². The SMILES string of the molecule is CCNC(=NCC(C)(C)Cc1cccc(Cl)c1)NCC1CCN(S(C)(=O)=O)CC1.I. The van der Waals surface area contributed by atoms with Crippen LogP contribution in [0.3, 0.4) is 0 Å². The average molecular weight is 571 g/mol. The van der Waals surface area contributed by atoms with Crippen LogP contribution in [0.1, 0.15) is 39.2 Å². The van der Waals surface area contributed by atoms with Gasteiger partial charge in [-0.1, -0.05) is 37.6 Å². The van der Waals surface area contributed by atoms with Gasteiger partial charge in [-0.25, -0.2) is 12.7 Å². The first-order valence-corrected chi connectivity index (χ1v) is 12.5. The van der Waals surface area contributed by atoms with Crippen molar-refractivity contribution in [3.63, 3.8) is 0 Å². The van der Waals surface area contributed by atoms with E-state index >= 15 is 0 Å². The molecule has 0 radical (unpaired) electrons. The summed E-state index contributed by atoms with van der Waals surface area (Å²) < 4.78 is 24.9. The normalized spacial score (nSPS) is 16.8. The van der Waals surface area contributed by atoms with Crippen molar-refractivity contribution in [2.24, 2.45) is 16.3 Å². The lowest BCUT2D eigenvalue weighted by molar-refractivity contribution is 0.274. The van der Waals surface area contributed by atoms with E-state index in [1.165, 1.54) is 11.8 Å². The van der Waals surface area contributed by atoms with Gasteiger partial charge in [0, 0.05) is 37.7 Å². The summed E-state index contributed by atoms with van der Waals surface area (Å²) in [5.41, 5.74) is 1.22. The number of nitrogens with zero attached hydrogens (tertiary/aromatic N) is 2. The molecule has 30 heavy (non-hydrogen) atoms. The summed E-state index contributed by atoms with van der Waals surface area (Å²) in [4.78, 5) is 4.80. The third-order valence-electron chi connectivity index (χ3n) is 5.18. The van der Waals surface area contributed by atoms with Crippen molar-refractivity contribution < 1.29 is 8.42 Å². The number of sulfonamides is 1. The molecule has 6 nitrogen and oxygen atoms in total. The fraction of sp³-hybridized carbons (Fsp3) is 0.667. The third-order valence-corrected chi connectivity index (χ3v) is 6.72. The summed E-state index contributed by atoms with van der Waals surface area (Å²) >= 11 is 6.11. The van der Waals surface area contributed by atoms with E-state index in [1.54, 1.807) is 4.31 Å². The van der Waals surface area contributed by atoms with Crippen molar-refractivity contribution in [1.82, 2.24) is 14.9 Å². The van der Waals surface area contributed by atoms with E-state index in [4.69, 9.17) is 16.6 Å². The minimum atomic E-state index is -3.07. The Hall–Kier alpha value is -0.580. The molecule has 2 N–H and O–H groups in total. The molecule has 1 heterocycles. The first-order valence-electron chi connectivity index (χ1n) is 10.3. The van der Waals surface area contributed by atoms with Crippen LogP contribution < -0.4 is 10.6 Å². The lowest BCUT2D eigenvalue weighted by atomic mass is 9.86. The second kappa shape index (κ2) is 12.5. The van der Waals surface area contributed by atoms with Crippen molar-refractivity contribution in [3.8, 4) is 0 Å². The number of hydrogen-bond acceptors (Lipinski definition) is 3. The van der Waals surface area contributed by atoms with Gasteiger partial charge in [-0.15, -0.1) is 24.0 Å². The highest BCUT2D eigenvalue weighted by Crippen LogP contribution is 2.24. The smallest absolute Gasteiger partial charge is 0.211 e. The lowest BCUT2D eigenvalue weighted by Gasteiger charge is -2.30. The van der Waals surface area contributed by atoms with Crippen molar-refractivity contribution in [2.75, 3.05) is 39.0 Å². The zero-order valence-corrected chi connectivity index (χ0v) is 22.4. The van der Waals surface area contributed by atoms with E-state index in [1.807, 2.05) is 18.2 Å². The minimum absolute atomic E-state index is 0. The molecule has 0 amide bonds. The minimum Gasteiger partial charge on any atom is -0.357 e. The summed E-state index contributed by atoms with van der Waals surface area (Å²) in [5, 5.41) is 7.51. The Morgan fingerprint density at radius 2 is 1.93 bits per heavy atom. The molecule has 0 aromatic heterocycles. The molecule has 1 aliphatic rings. The highest BCUT2D eigenvalue weighted by atomic mass is 127. The molecule has 1 aromatic rings. The zero-order valence-electron chi connectivity index (χ0n) is 18.4. The van der Waals surface area contributed by atoms with Gasteiger partial charge in [-0.2, -0.15) is 0 Å². The molecule has 2 rings (SSSR count). The van der Waals surface area contributed by atoms with E-state index < -0.39 is 10.0 Å². The zero-order chi connectivity index (χ0) is 21.5. The molecule has 0 aliphatic carbocycles. The maximum absolute atomic E-state index is 11.6. The molecule has 172 valence electrons. The summed E-state index contributed by atoms with van der Waals surface area (Å²) in [5.74, 6) is 1.27. The molecular weight excluding hydrogens is 535 g/mol. The maximum Gasteiger partial charge on any atom is 0.211 e. The summed E-state index contributed by atoms with van der Waals surface area (Å²) in [6.07, 6.45) is 3.94. The van der Waals surface area contributed by atoms with Crippen LogP contribution in [0, 0.1) is 11.3 Å². The van der Waals surface area contributed by atoms with Gasteiger partial charge in [0.25, 0.3) is 0 Å². The van der Waals surface area contributed by atoms with Gasteiger partial charge >= 0.3 is 0 Å². The van der Waals surface area contributed by atoms with Crippen LogP contribution in [0.25, 0.3) is 0 Å². The van der Waals surface area contributed by atoms with Crippen molar-refractivity contribution in [1.29, 1.82) is 0 Å². The largest absolute Gasteiger partial charge is 0.357 e. The number of rotatable bonds is 8. The van der Waals surface area contributed by atoms with Gasteiger partial charge in [0.05, 0.1) is 6.26 Å². The quantitative estimate of drug-likeness (QED) is 0.284. The molecular formula is C21H36ClIN4O2S. The number of aliphatic imine (C=N–C) groups is 1. The first kappa shape index (κ1) is 27.5. The fourth-order valence-electron chi connectivity index (χ4n) is 3.58. The Morgan fingerprint density at radius 1 is 1.27 bits per heavy atom. The standard InChI is InChI=1S/C21H35ClN4O2S.HI/c1-5-23-20(24-15-17-9-11-26(12-10-17)29(4,27)28)25-16-21(2,3)14-18-7-6-8-19(22)13-18;/h6-8,13,17H,5,9-12,14-16H2,1-4H3,(H2,23,24,25);1H. The van der Waals surface area contributed by atoms with Gasteiger partial charge in [0.1, 0.15) is 0 Å². The second-order valence-electron chi connectivity index (χ2n) is 8.65. The van der Waals surface area contributed by atoms with Crippen LogP contribution in [0.5, 0.6) is 0 Å². The van der Waals surface area contributed by atoms with Gasteiger partial charge in [0.15, 0.2) is 5.96 Å². The van der Waals surface area contributed by atoms with E-state index in [9.17, 15) is 8.42 Å². The summed E-state index contributed by atoms with van der Waals surface area (Å²) in [6.45, 7) is 9.98. The fourth-order valence-corrected chi connectivity index (χ4v) is 4.66. The summed E-state index contributed by atoms with van der Waals surface area (Å²) in [6, 6.07) is 7.99. The molecule has 0 spiro atoms. The Balaban J connectivity index is 0.00000450. The van der Waals surface area contributed by atoms with Gasteiger partial charge < -0.3 is 10.6 Å². The van der Waals surface area contributed by atoms with E-state index in [0.717, 1.165) is 43.3 Å². The van der Waals surface area contributed by atoms with Gasteiger partial charge in [0.2, 0.25) is 10.0 Å². The number of guanidine groups is 1. The monoisotopic (exact) mass is 570 g/mol. The lowest BCUT2D eigenvalue weighted by Crippen LogP contribution is -2.44. The van der Waals surface area contributed by atoms with Crippen LogP contribution in [0.15, 0.2) is 29.3 Å². The van der Waals surface area contributed by atoms with E-state index in [0.29, 0.717) is 25.6 Å². The topological polar surface area (TPSA) is 73.8 Å². The Labute approximate surface area is 204 Å². The molecule has 1 fully saturated rings. The molecule has 9 heteroatoms. The van der Waals surface area contributed by atoms with Crippen LogP contribution >= 0.6 is 35.6 Å². The molecule has 0 bridgehead atoms. The Kier molecular flexibility index (Phi) is 11.4. The number of hydrogen-bond donors (Lipinski definition) is 2. The van der Waals surface area contributed by atoms with Gasteiger partial charge in [-0.05, 0) is 55.2 Å². The van der Waals surface area contributed by atoms with Crippen molar-refractivity contribution in [2.45, 2.75) is 40.0 Å². The van der Waals surface area contributed by atoms with Crippen LogP contribution in [-0.4, -0.2) is 57.7 Å². The van der Waals surface area contributed by atoms with Crippen LogP contribution in [0.2, 0.25) is 5.02 Å². The summed E-state index contributed by atoms with van der Waals surface area (Å²) in [7, 11) is -3.07. The predicted molar refractivity (Wildman–Crippen MR) is 137 cm³/mol. The highest BCUT2D eigenvalue weighted by molar-refractivity contribution is 14.0. The second-order valence-corrected chi connectivity index (χ2v) is 11.1. The van der Waals surface area contributed by atoms with E-state index in [-0.39, 0.29) is 29.4 Å². The highest BCUT2D eigenvalue weighted by Gasteiger charge is 2.25. The molecule has 0 atom stereocenters. The predicted octanol–water partition coefficient (Wildman–Crippen LogP) is 3.75. The van der Waals surface area contributed by atoms with Gasteiger partial charge in [-0.3, -0.25) is 4.99 Å². The Morgan fingerprint density at radius 3 is 2.50 bits per heavy atom. The molecule has 1 saturated heterocycles. The Bertz CT molecular complexity index is 794. The third kappa shape index (κ3) is 9.70. The molecule has 1 aromatic carbocycles. The molecule has 0 unspecified atom stereocenters. The molecule has 0 saturated carbocycles. The van der Waals surface area contributed by atoms with Crippen molar-refractivity contribution >= 4 is 51.6 Å². The number of halogens is 2. The average Bonchev–Trinajstić information content (AvgIpc) is 2.63. The van der Waals surface area contributed by atoms with E-state index in [2.05, 4.69) is 37.5 Å². The number of nitrogens with one attached hydrogen (secondary N) is 2. The maximum atomic E-state index is 11.6. The first-order chi connectivity index (χ1) is 13.6. The number of piperidine rings is 1. The van der Waals surface area contributed by atoms with Crippen LogP contribution in [0.4, 0.5) is 0 Å². The molecule has 1 aliphatic heterocycles. The number of benzene rings is 1.